The zero-order valence-corrected chi connectivity index (χ0v) is 26.7. The molecule has 5 heterocycles. The van der Waals surface area contributed by atoms with Gasteiger partial charge in [-0.25, -0.2) is 9.97 Å². The molecule has 0 saturated carbocycles. The van der Waals surface area contributed by atoms with Crippen LogP contribution in [0.5, 0.6) is 0 Å². The summed E-state index contributed by atoms with van der Waals surface area (Å²) < 4.78 is 4.71. The predicted molar refractivity (Wildman–Crippen MR) is 174 cm³/mol. The minimum atomic E-state index is -0.559. The van der Waals surface area contributed by atoms with Crippen molar-refractivity contribution in [3.8, 4) is 30.3 Å². The highest BCUT2D eigenvalue weighted by molar-refractivity contribution is 7.10. The number of rotatable bonds is 5. The second-order valence-corrected chi connectivity index (χ2v) is 11.4. The first-order chi connectivity index (χ1) is 21.7. The number of nitrogens with two attached hydrogens (primary N) is 5. The summed E-state index contributed by atoms with van der Waals surface area (Å²) in [7, 11) is 0. The lowest BCUT2D eigenvalue weighted by atomic mass is 10.2. The third-order valence-corrected chi connectivity index (χ3v) is 7.96. The van der Waals surface area contributed by atoms with E-state index in [2.05, 4.69) is 9.97 Å². The SMILES string of the molecule is N#CC(N)c1cccs1.N#CC(N)c1ccoc1.N#CC(N)c1ccsc1.N#CC(N)c1cscn1.N#CC(N)c1nccs1. The van der Waals surface area contributed by atoms with Crippen molar-refractivity contribution in [2.75, 3.05) is 0 Å². The summed E-state index contributed by atoms with van der Waals surface area (Å²) in [6, 6.07) is 14.3. The molecule has 0 radical (unpaired) electrons. The fourth-order valence-electron chi connectivity index (χ4n) is 2.47. The molecule has 13 nitrogen and oxygen atoms in total. The summed E-state index contributed by atoms with van der Waals surface area (Å²) in [5, 5.41) is 51.5. The molecule has 0 saturated heterocycles. The standard InChI is InChI=1S/C6H6N2O.2C6H6N2S.2C5H5N3S/c2*7-3-6(8)5-1-2-9-4-5;7-4-5(8)6-2-1-3-9-6;6-1-4(7)5-2-9-3-8-5;6-3-4(7)5-8-1-2-9-5/h2*1-2,4,6H,8H2;1-3,5H,8H2;2-4H,7H2;1-2,4H,7H2. The Bertz CT molecular complexity index is 1350. The number of nitrogens with zero attached hydrogens (tertiary/aromatic N) is 7. The van der Waals surface area contributed by atoms with Gasteiger partial charge in [0, 0.05) is 27.4 Å². The summed E-state index contributed by atoms with van der Waals surface area (Å²) in [4.78, 5) is 8.64. The summed E-state index contributed by atoms with van der Waals surface area (Å²) >= 11 is 5.90. The van der Waals surface area contributed by atoms with E-state index >= 15 is 0 Å². The number of hydrogen-bond donors (Lipinski definition) is 5. The molecule has 5 atom stereocenters. The van der Waals surface area contributed by atoms with Crippen molar-refractivity contribution in [1.82, 2.24) is 9.97 Å². The zero-order valence-electron chi connectivity index (χ0n) is 23.5. The lowest BCUT2D eigenvalue weighted by molar-refractivity contribution is 0.562. The Labute approximate surface area is 276 Å². The molecule has 0 aliphatic carbocycles. The molecule has 0 aromatic carbocycles. The van der Waals surface area contributed by atoms with Crippen molar-refractivity contribution in [1.29, 1.82) is 26.3 Å². The number of aromatic nitrogens is 2. The third-order valence-electron chi connectivity index (χ3n) is 4.84. The van der Waals surface area contributed by atoms with E-state index in [-0.39, 0.29) is 0 Å². The van der Waals surface area contributed by atoms with Crippen molar-refractivity contribution < 1.29 is 4.42 Å². The predicted octanol–water partition coefficient (Wildman–Crippen LogP) is 4.68. The number of furan rings is 1. The van der Waals surface area contributed by atoms with Crippen molar-refractivity contribution >= 4 is 45.3 Å². The quantitative estimate of drug-likeness (QED) is 0.169. The maximum Gasteiger partial charge on any atom is 0.145 e. The molecule has 45 heavy (non-hydrogen) atoms. The molecule has 17 heteroatoms. The van der Waals surface area contributed by atoms with E-state index < -0.39 is 30.2 Å². The van der Waals surface area contributed by atoms with Gasteiger partial charge < -0.3 is 33.1 Å². The Morgan fingerprint density at radius 2 is 1.31 bits per heavy atom. The minimum Gasteiger partial charge on any atom is -0.472 e. The Morgan fingerprint density at radius 1 is 0.644 bits per heavy atom. The van der Waals surface area contributed by atoms with Crippen LogP contribution in [0.25, 0.3) is 0 Å². The Balaban J connectivity index is 0.000000281. The molecule has 0 aliphatic heterocycles. The second kappa shape index (κ2) is 22.7. The largest absolute Gasteiger partial charge is 0.472 e. The lowest BCUT2D eigenvalue weighted by Gasteiger charge is -1.93. The molecule has 5 aromatic rings. The molecule has 5 unspecified atom stereocenters. The van der Waals surface area contributed by atoms with Crippen LogP contribution >= 0.6 is 45.3 Å². The zero-order chi connectivity index (χ0) is 33.5. The van der Waals surface area contributed by atoms with Crippen LogP contribution in [0.3, 0.4) is 0 Å². The average molecular weight is 677 g/mol. The molecule has 0 amide bonds. The first kappa shape index (κ1) is 38.2. The van der Waals surface area contributed by atoms with Gasteiger partial charge in [-0.2, -0.15) is 37.6 Å². The highest BCUT2D eigenvalue weighted by Crippen LogP contribution is 2.15. The van der Waals surface area contributed by atoms with Crippen LogP contribution in [0.2, 0.25) is 0 Å². The van der Waals surface area contributed by atoms with Gasteiger partial charge in [0.1, 0.15) is 35.2 Å². The van der Waals surface area contributed by atoms with Crippen LogP contribution in [0.4, 0.5) is 0 Å². The van der Waals surface area contributed by atoms with Crippen LogP contribution in [-0.2, 0) is 0 Å². The van der Waals surface area contributed by atoms with E-state index in [1.54, 1.807) is 39.9 Å². The second-order valence-electron chi connectivity index (χ2n) is 7.95. The van der Waals surface area contributed by atoms with Crippen LogP contribution in [0.15, 0.2) is 79.8 Å². The normalized spacial score (nSPS) is 12.4. The smallest absolute Gasteiger partial charge is 0.145 e. The lowest BCUT2D eigenvalue weighted by Crippen LogP contribution is -2.06. The van der Waals surface area contributed by atoms with E-state index in [9.17, 15) is 0 Å². The van der Waals surface area contributed by atoms with Crippen LogP contribution in [0, 0.1) is 56.7 Å². The molecular formula is C28H28N12OS4. The van der Waals surface area contributed by atoms with E-state index in [0.717, 1.165) is 16.0 Å². The van der Waals surface area contributed by atoms with Gasteiger partial charge in [-0.1, -0.05) is 6.07 Å². The van der Waals surface area contributed by atoms with Gasteiger partial charge in [-0.05, 0) is 39.9 Å². The van der Waals surface area contributed by atoms with Crippen molar-refractivity contribution in [2.45, 2.75) is 30.2 Å². The third kappa shape index (κ3) is 15.0. The highest BCUT2D eigenvalue weighted by atomic mass is 32.1. The molecule has 10 N–H and O–H groups in total. The van der Waals surface area contributed by atoms with E-state index in [1.807, 2.05) is 64.7 Å². The Hall–Kier alpha value is -4.81. The number of thiazole rings is 2. The van der Waals surface area contributed by atoms with E-state index in [4.69, 9.17) is 59.4 Å². The van der Waals surface area contributed by atoms with Crippen LogP contribution < -0.4 is 28.7 Å². The van der Waals surface area contributed by atoms with Gasteiger partial charge in [0.25, 0.3) is 0 Å². The summed E-state index contributed by atoms with van der Waals surface area (Å²) in [5.74, 6) is 0. The average Bonchev–Trinajstić information content (AvgIpc) is 3.94. The monoisotopic (exact) mass is 676 g/mol. The first-order valence-corrected chi connectivity index (χ1v) is 16.0. The maximum atomic E-state index is 8.34. The molecule has 0 fully saturated rings. The molecule has 0 aliphatic rings. The van der Waals surface area contributed by atoms with Crippen molar-refractivity contribution in [3.05, 3.63) is 102 Å². The summed E-state index contributed by atoms with van der Waals surface area (Å²) in [5.41, 5.74) is 30.7. The topological polar surface area (TPSA) is 288 Å². The molecular weight excluding hydrogens is 649 g/mol. The van der Waals surface area contributed by atoms with Crippen LogP contribution in [0.1, 0.15) is 56.9 Å². The Morgan fingerprint density at radius 3 is 1.76 bits per heavy atom. The van der Waals surface area contributed by atoms with E-state index in [0.29, 0.717) is 10.7 Å². The minimum absolute atomic E-state index is 0.440. The maximum absolute atomic E-state index is 8.34. The Kier molecular flexibility index (Phi) is 19.3. The number of hydrogen-bond acceptors (Lipinski definition) is 17. The van der Waals surface area contributed by atoms with Gasteiger partial charge in [0.15, 0.2) is 0 Å². The van der Waals surface area contributed by atoms with Crippen molar-refractivity contribution in [2.24, 2.45) is 28.7 Å². The molecule has 0 spiro atoms. The molecule has 5 rings (SSSR count). The highest BCUT2D eigenvalue weighted by Gasteiger charge is 2.05. The van der Waals surface area contributed by atoms with Crippen LogP contribution in [-0.4, -0.2) is 9.97 Å². The van der Waals surface area contributed by atoms with Gasteiger partial charge in [0.2, 0.25) is 0 Å². The van der Waals surface area contributed by atoms with Gasteiger partial charge in [-0.15, -0.1) is 34.0 Å². The molecule has 0 bridgehead atoms. The number of nitriles is 5. The summed E-state index contributed by atoms with van der Waals surface area (Å²) in [6.45, 7) is 0. The first-order valence-electron chi connectivity index (χ1n) is 12.3. The van der Waals surface area contributed by atoms with Gasteiger partial charge in [0.05, 0.1) is 54.1 Å². The van der Waals surface area contributed by atoms with E-state index in [1.165, 1.54) is 46.5 Å². The molecule has 230 valence electrons. The fraction of sp³-hybridized carbons (Fsp3) is 0.179. The fourth-order valence-corrected chi connectivity index (χ4v) is 5.01. The summed E-state index contributed by atoms with van der Waals surface area (Å²) in [6.07, 6.45) is 4.59. The van der Waals surface area contributed by atoms with Crippen molar-refractivity contribution in [3.63, 3.8) is 0 Å². The van der Waals surface area contributed by atoms with Gasteiger partial charge in [-0.3, -0.25) is 0 Å². The number of thiophene rings is 2. The molecule has 5 aromatic heterocycles. The van der Waals surface area contributed by atoms with Gasteiger partial charge >= 0.3 is 0 Å².